The Morgan fingerprint density at radius 3 is 0.765 bits per heavy atom. The van der Waals surface area contributed by atoms with Gasteiger partial charge in [-0.05, 0) is 106 Å². The molecule has 0 saturated carbocycles. The summed E-state index contributed by atoms with van der Waals surface area (Å²) >= 11 is 0. The fraction of sp³-hybridized carbons (Fsp3) is 0. The maximum absolute atomic E-state index is 12.7. The molecule has 28 heteroatoms. The molecule has 0 amide bonds. The van der Waals surface area contributed by atoms with Gasteiger partial charge in [-0.15, -0.1) is 0 Å². The topological polar surface area (TPSA) is 359 Å². The predicted octanol–water partition coefficient (Wildman–Crippen LogP) is -8.35. The van der Waals surface area contributed by atoms with Gasteiger partial charge in [-0.2, -0.15) is 33.7 Å². The number of aliphatic imine (C=N–C) groups is 4. The van der Waals surface area contributed by atoms with Crippen molar-refractivity contribution in [2.75, 3.05) is 0 Å². The number of benzene rings is 6. The Labute approximate surface area is 477 Å². The van der Waals surface area contributed by atoms with E-state index in [9.17, 15) is 72.3 Å². The molecule has 20 nitrogen and oxygen atoms in total. The van der Waals surface area contributed by atoms with Crippen LogP contribution >= 0.6 is 0 Å². The average molecular weight is 1040 g/mol. The summed E-state index contributed by atoms with van der Waals surface area (Å²) in [5.41, 5.74) is -0.663. The first kappa shape index (κ1) is 61.0. The van der Waals surface area contributed by atoms with Gasteiger partial charge in [0.25, 0.3) is 40.5 Å². The van der Waals surface area contributed by atoms with Crippen LogP contribution in [0, 0.1) is 0 Å². The van der Waals surface area contributed by atoms with Gasteiger partial charge in [0.15, 0.2) is 0 Å². The van der Waals surface area contributed by atoms with Crippen molar-refractivity contribution in [1.82, 2.24) is 0 Å². The zero-order chi connectivity index (χ0) is 46.8. The molecule has 0 radical (unpaired) electrons. The molecule has 0 unspecified atom stereocenters. The van der Waals surface area contributed by atoms with Gasteiger partial charge in [0.2, 0.25) is 0 Å². The third kappa shape index (κ3) is 15.9. The van der Waals surface area contributed by atoms with Gasteiger partial charge in [-0.25, -0.2) is 0 Å². The quantitative estimate of drug-likeness (QED) is 0.0474. The van der Waals surface area contributed by atoms with Gasteiger partial charge in [-0.3, -0.25) is 38.2 Å². The minimum Gasteiger partial charge on any atom is -0.872 e. The van der Waals surface area contributed by atoms with E-state index in [0.717, 1.165) is 97.7 Å². The molecule has 0 aromatic heterocycles. The van der Waals surface area contributed by atoms with Crippen LogP contribution in [0.1, 0.15) is 22.3 Å². The molecule has 0 bridgehead atoms. The van der Waals surface area contributed by atoms with Crippen molar-refractivity contribution in [3.8, 4) is 34.1 Å². The van der Waals surface area contributed by atoms with Gasteiger partial charge >= 0.3 is 118 Å². The summed E-state index contributed by atoms with van der Waals surface area (Å²) in [4.78, 5) is 14.7. The van der Waals surface area contributed by atoms with Crippen molar-refractivity contribution >= 4 is 88.1 Å². The van der Waals surface area contributed by atoms with Crippen LogP contribution in [0.5, 0.6) is 23.0 Å². The summed E-state index contributed by atoms with van der Waals surface area (Å²) in [6.07, 6.45) is 3.87. The van der Waals surface area contributed by atoms with Crippen LogP contribution in [0.25, 0.3) is 11.1 Å². The molecular weight excluding hydrogens is 1010 g/mol. The summed E-state index contributed by atoms with van der Waals surface area (Å²) in [7, 11) is -18.9. The van der Waals surface area contributed by atoms with E-state index >= 15 is 0 Å². The molecule has 0 spiro atoms. The first-order chi connectivity index (χ1) is 29.9. The number of nitrogens with zero attached hydrogens (tertiary/aromatic N) is 4. The molecule has 6 aromatic carbocycles. The van der Waals surface area contributed by atoms with E-state index in [-0.39, 0.29) is 163 Å². The van der Waals surface area contributed by atoms with Crippen molar-refractivity contribution in [2.45, 2.75) is 19.6 Å². The molecule has 0 fully saturated rings. The van der Waals surface area contributed by atoms with E-state index in [2.05, 4.69) is 20.0 Å². The smallest absolute Gasteiger partial charge is 0.872 e. The third-order valence-electron chi connectivity index (χ3n) is 8.77. The minimum absolute atomic E-state index is 0. The van der Waals surface area contributed by atoms with Gasteiger partial charge < -0.3 is 20.4 Å². The first-order valence-corrected chi connectivity index (χ1v) is 23.2. The van der Waals surface area contributed by atoms with E-state index < -0.39 is 83.1 Å². The van der Waals surface area contributed by atoms with E-state index in [1.807, 2.05) is 0 Å². The van der Waals surface area contributed by atoms with E-state index in [1.165, 1.54) is 36.4 Å². The molecule has 0 aliphatic heterocycles. The summed E-state index contributed by atoms with van der Waals surface area (Å²) in [5.74, 6) is -2.77. The molecule has 0 aliphatic rings. The van der Waals surface area contributed by atoms with Gasteiger partial charge in [0.1, 0.15) is 0 Å². The maximum Gasteiger partial charge on any atom is 1.00 e. The summed E-state index contributed by atoms with van der Waals surface area (Å²) in [5, 5.41) is 50.4. The van der Waals surface area contributed by atoms with Crippen LogP contribution in [0.4, 0.5) is 22.7 Å². The monoisotopic (exact) mass is 1040 g/mol. The van der Waals surface area contributed by atoms with Crippen molar-refractivity contribution < 1.29 is 191 Å². The molecule has 0 aliphatic carbocycles. The van der Waals surface area contributed by atoms with E-state index in [4.69, 9.17) is 0 Å². The Kier molecular flexibility index (Phi) is 22.2. The van der Waals surface area contributed by atoms with Crippen LogP contribution in [0.3, 0.4) is 0 Å². The fourth-order valence-corrected chi connectivity index (χ4v) is 7.60. The maximum atomic E-state index is 12.7. The number of hydrogen-bond acceptors (Lipinski definition) is 16. The standard InChI is InChI=1S/C40H30N4O16S4.4Na/c45-37-9-3-29(61(49,50)51)13-25(37)19-41-33-7-1-23(17-35(33)43-21-27-15-31(63(55,56)57)5-11-39(27)47)24-2-8-34(42-20-26-14-30(62(52,53)54)4-10-38(26)46)36(18-24)44-22-28-16-32(64(58,59)60)6-12-40(28)48;;;;/h1-22,45-48H,(H,49,50,51)(H,52,53,54)(H,55,56,57)(H,58,59,60);;;;/q;4*+1/p-4. The van der Waals surface area contributed by atoms with E-state index in [0.29, 0.717) is 11.1 Å². The molecule has 6 aromatic rings. The predicted molar refractivity (Wildman–Crippen MR) is 224 cm³/mol. The Morgan fingerprint density at radius 1 is 0.324 bits per heavy atom. The molecule has 0 saturated heterocycles. The second-order valence-corrected chi connectivity index (χ2v) is 18.8. The fourth-order valence-electron chi connectivity index (χ4n) is 5.54. The Morgan fingerprint density at radius 2 is 0.544 bits per heavy atom. The second-order valence-electron chi connectivity index (χ2n) is 13.1. The molecule has 68 heavy (non-hydrogen) atoms. The zero-order valence-electron chi connectivity index (χ0n) is 35.8. The molecule has 0 heterocycles. The summed E-state index contributed by atoms with van der Waals surface area (Å²) in [6.45, 7) is 0. The molecule has 4 N–H and O–H groups in total. The largest absolute Gasteiger partial charge is 1.00 e. The van der Waals surface area contributed by atoms with Crippen molar-refractivity contribution in [2.24, 2.45) is 20.0 Å². The summed E-state index contributed by atoms with van der Waals surface area (Å²) < 4.78 is 132. The van der Waals surface area contributed by atoms with Crippen molar-refractivity contribution in [3.05, 3.63) is 131 Å². The van der Waals surface area contributed by atoms with Crippen LogP contribution in [-0.2, 0) is 40.5 Å². The van der Waals surface area contributed by atoms with Crippen molar-refractivity contribution in [1.29, 1.82) is 0 Å². The van der Waals surface area contributed by atoms with Crippen LogP contribution in [0.2, 0.25) is 0 Å². The van der Waals surface area contributed by atoms with Crippen LogP contribution < -0.4 is 139 Å². The van der Waals surface area contributed by atoms with Crippen molar-refractivity contribution in [3.63, 3.8) is 0 Å². The summed E-state index contributed by atoms with van der Waals surface area (Å²) in [6, 6.07) is 19.0. The zero-order valence-corrected chi connectivity index (χ0v) is 47.1. The third-order valence-corrected chi connectivity index (χ3v) is 12.2. The van der Waals surface area contributed by atoms with E-state index in [1.54, 1.807) is 0 Å². The molecular formula is C40H26N4Na4O16S4. The number of rotatable bonds is 13. The van der Waals surface area contributed by atoms with Crippen LogP contribution in [0.15, 0.2) is 149 Å². The normalized spacial score (nSPS) is 12.1. The van der Waals surface area contributed by atoms with Gasteiger partial charge in [-0.1, -0.05) is 59.4 Å². The Bertz CT molecular complexity index is 3240. The number of hydrogen-bond donors (Lipinski definition) is 4. The van der Waals surface area contributed by atoms with Crippen LogP contribution in [-0.4, -0.2) is 76.7 Å². The Balaban J connectivity index is 0.00000397. The molecule has 330 valence electrons. The minimum atomic E-state index is -4.75. The van der Waals surface area contributed by atoms with Gasteiger partial charge in [0.05, 0.1) is 42.3 Å². The SMILES string of the molecule is O=S(=O)(O)c1ccc([O-])c(C=Nc2ccc(-c3ccc(N=Cc4cc(S(=O)(=O)O)ccc4[O-])c(N=Cc4cc(S(=O)(=O)O)ccc4[O-])c3)cc2N=Cc2cc(S(=O)(=O)O)ccc2[O-])c1.[Na+].[Na+].[Na+].[Na+]. The molecule has 0 atom stereocenters. The first-order valence-electron chi connectivity index (χ1n) is 17.5. The average Bonchev–Trinajstić information content (AvgIpc) is 3.21. The Hall–Kier alpha value is -3.16. The second kappa shape index (κ2) is 24.8. The van der Waals surface area contributed by atoms with Gasteiger partial charge in [0, 0.05) is 24.9 Å². The molecule has 6 rings (SSSR count).